The summed E-state index contributed by atoms with van der Waals surface area (Å²) in [5, 5.41) is 0. The summed E-state index contributed by atoms with van der Waals surface area (Å²) in [6, 6.07) is 0. The second-order valence-corrected chi connectivity index (χ2v) is 3.47. The van der Waals surface area contributed by atoms with Crippen molar-refractivity contribution in [1.29, 1.82) is 0 Å². The molecule has 0 aromatic carbocycles. The first kappa shape index (κ1) is 13.4. The molecule has 13 heavy (non-hydrogen) atoms. The van der Waals surface area contributed by atoms with E-state index in [-0.39, 0.29) is 6.29 Å². The lowest BCUT2D eigenvalue weighted by atomic mass is 10.2. The van der Waals surface area contributed by atoms with Crippen molar-refractivity contribution in [3.8, 4) is 0 Å². The van der Waals surface area contributed by atoms with Crippen molar-refractivity contribution in [2.75, 3.05) is 13.2 Å². The third kappa shape index (κ3) is 10.3. The van der Waals surface area contributed by atoms with E-state index in [1.54, 1.807) is 0 Å². The van der Waals surface area contributed by atoms with E-state index in [1.807, 2.05) is 13.8 Å². The van der Waals surface area contributed by atoms with E-state index in [0.29, 0.717) is 0 Å². The lowest BCUT2D eigenvalue weighted by Gasteiger charge is -2.11. The molecule has 0 bridgehead atoms. The molecule has 0 heterocycles. The lowest BCUT2D eigenvalue weighted by molar-refractivity contribution is -0.127. The molecule has 78 valence electrons. The van der Waals surface area contributed by atoms with Crippen LogP contribution in [-0.4, -0.2) is 19.5 Å². The molecule has 0 rings (SSSR count). The number of ether oxygens (including phenoxy) is 2. The maximum absolute atomic E-state index is 5.41. The number of allylic oxidation sites excluding steroid dienone is 1. The van der Waals surface area contributed by atoms with Gasteiger partial charge in [0.25, 0.3) is 0 Å². The van der Waals surface area contributed by atoms with E-state index in [0.717, 1.165) is 26.1 Å². The SMILES string of the molecule is CCOC(C)OCCCC/C=C\I. The first-order valence-corrected chi connectivity index (χ1v) is 6.04. The van der Waals surface area contributed by atoms with Crippen LogP contribution in [0.15, 0.2) is 10.2 Å². The zero-order chi connectivity index (χ0) is 9.94. The minimum Gasteiger partial charge on any atom is -0.353 e. The lowest BCUT2D eigenvalue weighted by Crippen LogP contribution is -2.13. The number of unbranched alkanes of at least 4 members (excludes halogenated alkanes) is 2. The summed E-state index contributed by atoms with van der Waals surface area (Å²) >= 11 is 2.24. The largest absolute Gasteiger partial charge is 0.353 e. The Hall–Kier alpha value is 0.390. The molecule has 1 unspecified atom stereocenters. The summed E-state index contributed by atoms with van der Waals surface area (Å²) < 4.78 is 12.7. The van der Waals surface area contributed by atoms with E-state index in [9.17, 15) is 0 Å². The summed E-state index contributed by atoms with van der Waals surface area (Å²) in [4.78, 5) is 0. The minimum absolute atomic E-state index is 0.0508. The average Bonchev–Trinajstić information content (AvgIpc) is 2.11. The second kappa shape index (κ2) is 10.5. The summed E-state index contributed by atoms with van der Waals surface area (Å²) in [5.41, 5.74) is 0. The van der Waals surface area contributed by atoms with E-state index in [1.165, 1.54) is 6.42 Å². The molecule has 2 nitrogen and oxygen atoms in total. The number of halogens is 1. The van der Waals surface area contributed by atoms with Crippen LogP contribution in [0, 0.1) is 0 Å². The van der Waals surface area contributed by atoms with Crippen LogP contribution in [0.1, 0.15) is 33.1 Å². The highest BCUT2D eigenvalue weighted by Crippen LogP contribution is 2.01. The molecule has 0 saturated carbocycles. The highest BCUT2D eigenvalue weighted by atomic mass is 127. The molecular weight excluding hydrogens is 279 g/mol. The normalized spacial score (nSPS) is 13.8. The van der Waals surface area contributed by atoms with Crippen LogP contribution >= 0.6 is 22.6 Å². The summed E-state index contributed by atoms with van der Waals surface area (Å²) in [7, 11) is 0. The first-order valence-electron chi connectivity index (χ1n) is 4.79. The zero-order valence-corrected chi connectivity index (χ0v) is 10.6. The van der Waals surface area contributed by atoms with Crippen molar-refractivity contribution >= 4 is 22.6 Å². The van der Waals surface area contributed by atoms with Gasteiger partial charge in [-0.25, -0.2) is 0 Å². The maximum atomic E-state index is 5.41. The van der Waals surface area contributed by atoms with E-state index >= 15 is 0 Å². The number of hydrogen-bond acceptors (Lipinski definition) is 2. The van der Waals surface area contributed by atoms with Crippen molar-refractivity contribution in [3.63, 3.8) is 0 Å². The summed E-state index contributed by atoms with van der Waals surface area (Å²) in [6.45, 7) is 5.44. The van der Waals surface area contributed by atoms with Gasteiger partial charge in [0.05, 0.1) is 0 Å². The molecule has 0 radical (unpaired) electrons. The molecule has 0 saturated heterocycles. The molecule has 0 aromatic rings. The number of hydrogen-bond donors (Lipinski definition) is 0. The van der Waals surface area contributed by atoms with Gasteiger partial charge in [0.15, 0.2) is 6.29 Å². The third-order valence-corrected chi connectivity index (χ3v) is 2.12. The van der Waals surface area contributed by atoms with Gasteiger partial charge in [-0.1, -0.05) is 28.7 Å². The maximum Gasteiger partial charge on any atom is 0.154 e. The fraction of sp³-hybridized carbons (Fsp3) is 0.800. The molecule has 0 fully saturated rings. The molecule has 0 aliphatic heterocycles. The monoisotopic (exact) mass is 298 g/mol. The Balaban J connectivity index is 3.06. The fourth-order valence-electron chi connectivity index (χ4n) is 0.959. The van der Waals surface area contributed by atoms with Crippen LogP contribution in [0.2, 0.25) is 0 Å². The van der Waals surface area contributed by atoms with Crippen molar-refractivity contribution in [2.24, 2.45) is 0 Å². The Kier molecular flexibility index (Phi) is 10.8. The third-order valence-electron chi connectivity index (χ3n) is 1.61. The van der Waals surface area contributed by atoms with Crippen molar-refractivity contribution in [2.45, 2.75) is 39.4 Å². The topological polar surface area (TPSA) is 18.5 Å². The standard InChI is InChI=1S/C10H19IO2/c1-3-12-10(2)13-9-7-5-4-6-8-11/h6,8,10H,3-5,7,9H2,1-2H3/b8-6-. The van der Waals surface area contributed by atoms with Gasteiger partial charge in [0, 0.05) is 13.2 Å². The van der Waals surface area contributed by atoms with E-state index < -0.39 is 0 Å². The van der Waals surface area contributed by atoms with Gasteiger partial charge in [0.2, 0.25) is 0 Å². The van der Waals surface area contributed by atoms with E-state index in [4.69, 9.17) is 9.47 Å². The van der Waals surface area contributed by atoms with Crippen LogP contribution in [-0.2, 0) is 9.47 Å². The predicted molar refractivity (Wildman–Crippen MR) is 64.1 cm³/mol. The molecule has 3 heteroatoms. The quantitative estimate of drug-likeness (QED) is 0.388. The molecule has 0 aliphatic carbocycles. The molecule has 0 aliphatic rings. The fourth-order valence-corrected chi connectivity index (χ4v) is 1.32. The Morgan fingerprint density at radius 1 is 1.31 bits per heavy atom. The Morgan fingerprint density at radius 2 is 2.08 bits per heavy atom. The van der Waals surface area contributed by atoms with Gasteiger partial charge in [-0.3, -0.25) is 0 Å². The smallest absolute Gasteiger partial charge is 0.154 e. The van der Waals surface area contributed by atoms with Crippen molar-refractivity contribution < 1.29 is 9.47 Å². The average molecular weight is 298 g/mol. The predicted octanol–water partition coefficient (Wildman–Crippen LogP) is 3.50. The molecule has 0 N–H and O–H groups in total. The summed E-state index contributed by atoms with van der Waals surface area (Å²) in [5.74, 6) is 0. The summed E-state index contributed by atoms with van der Waals surface area (Å²) in [6.07, 6.45) is 5.57. The van der Waals surface area contributed by atoms with Gasteiger partial charge >= 0.3 is 0 Å². The van der Waals surface area contributed by atoms with Gasteiger partial charge in [-0.05, 0) is 37.2 Å². The van der Waals surface area contributed by atoms with Gasteiger partial charge in [0.1, 0.15) is 0 Å². The molecule has 1 atom stereocenters. The van der Waals surface area contributed by atoms with Crippen LogP contribution in [0.4, 0.5) is 0 Å². The van der Waals surface area contributed by atoms with Crippen LogP contribution in [0.25, 0.3) is 0 Å². The molecule has 0 spiro atoms. The van der Waals surface area contributed by atoms with Crippen molar-refractivity contribution in [3.05, 3.63) is 10.2 Å². The highest BCUT2D eigenvalue weighted by molar-refractivity contribution is 14.1. The highest BCUT2D eigenvalue weighted by Gasteiger charge is 1.98. The van der Waals surface area contributed by atoms with Gasteiger partial charge in [-0.15, -0.1) is 0 Å². The zero-order valence-electron chi connectivity index (χ0n) is 8.46. The van der Waals surface area contributed by atoms with Gasteiger partial charge in [-0.2, -0.15) is 0 Å². The van der Waals surface area contributed by atoms with Crippen LogP contribution < -0.4 is 0 Å². The first-order chi connectivity index (χ1) is 6.31. The van der Waals surface area contributed by atoms with E-state index in [2.05, 4.69) is 32.7 Å². The van der Waals surface area contributed by atoms with Crippen LogP contribution in [0.3, 0.4) is 0 Å². The van der Waals surface area contributed by atoms with Crippen molar-refractivity contribution in [1.82, 2.24) is 0 Å². The minimum atomic E-state index is -0.0508. The van der Waals surface area contributed by atoms with Gasteiger partial charge < -0.3 is 9.47 Å². The molecule has 0 aromatic heterocycles. The Bertz CT molecular complexity index is 126. The Morgan fingerprint density at radius 3 is 2.69 bits per heavy atom. The number of rotatable bonds is 8. The molecule has 0 amide bonds. The Labute approximate surface area is 94.8 Å². The second-order valence-electron chi connectivity index (χ2n) is 2.75. The molecular formula is C10H19IO2. The van der Waals surface area contributed by atoms with Crippen LogP contribution in [0.5, 0.6) is 0 Å².